The largest absolute Gasteiger partial charge is 0.507 e. The van der Waals surface area contributed by atoms with Crippen molar-refractivity contribution in [2.24, 2.45) is 0 Å². The zero-order valence-electron chi connectivity index (χ0n) is 19.9. The average Bonchev–Trinajstić information content (AvgIpc) is 3.38. The number of H-pyrrole nitrogens is 1. The second-order valence-electron chi connectivity index (χ2n) is 8.82. The van der Waals surface area contributed by atoms with Gasteiger partial charge >= 0.3 is 0 Å². The summed E-state index contributed by atoms with van der Waals surface area (Å²) in [4.78, 5) is 15.4. The minimum atomic E-state index is -0.494. The molecule has 4 aromatic rings. The Hall–Kier alpha value is -4.26. The number of amides is 1. The number of aromatic amines is 1. The first-order valence-electron chi connectivity index (χ1n) is 11.6. The van der Waals surface area contributed by atoms with Gasteiger partial charge in [0.05, 0.1) is 12.6 Å². The van der Waals surface area contributed by atoms with Crippen LogP contribution in [0, 0.1) is 13.8 Å². The first-order chi connectivity index (χ1) is 16.9. The van der Waals surface area contributed by atoms with Crippen LogP contribution in [0.25, 0.3) is 11.3 Å². The van der Waals surface area contributed by atoms with Gasteiger partial charge in [-0.2, -0.15) is 5.10 Å². The number of nitrogens with one attached hydrogen (secondary N) is 1. The summed E-state index contributed by atoms with van der Waals surface area (Å²) in [6, 6.07) is 18.2. The van der Waals surface area contributed by atoms with Gasteiger partial charge in [0.2, 0.25) is 0 Å². The fourth-order valence-corrected chi connectivity index (χ4v) is 4.80. The summed E-state index contributed by atoms with van der Waals surface area (Å²) in [6.45, 7) is 6.43. The maximum Gasteiger partial charge on any atom is 0.273 e. The SMILES string of the molecule is CCOc1cc([C@H]2c3c(-c4cc(C)cc(C)c4O)n[nH]c3C(=O)N2Cc2ccccc2)ccc1O. The Morgan fingerprint density at radius 1 is 1.06 bits per heavy atom. The van der Waals surface area contributed by atoms with Gasteiger partial charge in [-0.15, -0.1) is 0 Å². The molecule has 0 saturated heterocycles. The Morgan fingerprint density at radius 3 is 2.57 bits per heavy atom. The van der Waals surface area contributed by atoms with E-state index in [1.165, 1.54) is 0 Å². The summed E-state index contributed by atoms with van der Waals surface area (Å²) in [5.74, 6) is 0.347. The van der Waals surface area contributed by atoms with Gasteiger partial charge in [0.25, 0.3) is 5.91 Å². The highest BCUT2D eigenvalue weighted by Crippen LogP contribution is 2.47. The van der Waals surface area contributed by atoms with Crippen LogP contribution in [0.15, 0.2) is 60.7 Å². The van der Waals surface area contributed by atoms with Crippen molar-refractivity contribution in [3.63, 3.8) is 0 Å². The number of benzene rings is 3. The smallest absolute Gasteiger partial charge is 0.273 e. The highest BCUT2D eigenvalue weighted by Gasteiger charge is 2.42. The Bertz CT molecular complexity index is 1410. The molecule has 2 heterocycles. The van der Waals surface area contributed by atoms with Gasteiger partial charge in [0.1, 0.15) is 17.1 Å². The van der Waals surface area contributed by atoms with Crippen LogP contribution >= 0.6 is 0 Å². The number of aryl methyl sites for hydroxylation is 2. The number of ether oxygens (including phenoxy) is 1. The van der Waals surface area contributed by atoms with E-state index in [1.807, 2.05) is 63.2 Å². The molecule has 1 amide bonds. The van der Waals surface area contributed by atoms with E-state index in [-0.39, 0.29) is 17.4 Å². The van der Waals surface area contributed by atoms with E-state index in [0.717, 1.165) is 22.3 Å². The van der Waals surface area contributed by atoms with Crippen LogP contribution in [0.1, 0.15) is 51.3 Å². The van der Waals surface area contributed by atoms with E-state index >= 15 is 0 Å². The maximum absolute atomic E-state index is 13.6. The quantitative estimate of drug-likeness (QED) is 0.358. The molecule has 0 aliphatic carbocycles. The lowest BCUT2D eigenvalue weighted by atomic mass is 9.93. The topological polar surface area (TPSA) is 98.7 Å². The van der Waals surface area contributed by atoms with Gasteiger partial charge < -0.3 is 19.8 Å². The molecule has 7 heteroatoms. The lowest BCUT2D eigenvalue weighted by Gasteiger charge is -2.27. The third kappa shape index (κ3) is 3.89. The molecule has 5 rings (SSSR count). The average molecular weight is 470 g/mol. The molecule has 1 aliphatic rings. The molecule has 1 aliphatic heterocycles. The minimum absolute atomic E-state index is 0.0362. The fraction of sp³-hybridized carbons (Fsp3) is 0.214. The molecular weight excluding hydrogens is 442 g/mol. The molecule has 0 unspecified atom stereocenters. The van der Waals surface area contributed by atoms with Gasteiger partial charge in [-0.25, -0.2) is 0 Å². The number of carbonyl (C=O) groups excluding carboxylic acids is 1. The van der Waals surface area contributed by atoms with Crippen LogP contribution in [0.5, 0.6) is 17.2 Å². The van der Waals surface area contributed by atoms with Crippen LogP contribution in [0.3, 0.4) is 0 Å². The van der Waals surface area contributed by atoms with Crippen LogP contribution in [0.4, 0.5) is 0 Å². The minimum Gasteiger partial charge on any atom is -0.507 e. The first kappa shape index (κ1) is 22.5. The molecule has 178 valence electrons. The number of hydrogen-bond acceptors (Lipinski definition) is 5. The third-order valence-corrected chi connectivity index (χ3v) is 6.36. The van der Waals surface area contributed by atoms with Crippen molar-refractivity contribution in [2.45, 2.75) is 33.4 Å². The van der Waals surface area contributed by atoms with E-state index in [4.69, 9.17) is 4.74 Å². The number of phenols is 2. The van der Waals surface area contributed by atoms with Crippen molar-refractivity contribution >= 4 is 5.91 Å². The highest BCUT2D eigenvalue weighted by atomic mass is 16.5. The number of aromatic hydroxyl groups is 2. The number of aromatic nitrogens is 2. The molecule has 0 radical (unpaired) electrons. The summed E-state index contributed by atoms with van der Waals surface area (Å²) in [6.07, 6.45) is 0. The molecule has 35 heavy (non-hydrogen) atoms. The molecule has 0 saturated carbocycles. The summed E-state index contributed by atoms with van der Waals surface area (Å²) in [5, 5.41) is 28.6. The Kier molecular flexibility index (Phi) is 5.68. The van der Waals surface area contributed by atoms with E-state index in [2.05, 4.69) is 10.2 Å². The molecule has 3 N–H and O–H groups in total. The normalized spacial score (nSPS) is 14.9. The van der Waals surface area contributed by atoms with Crippen molar-refractivity contribution in [1.82, 2.24) is 15.1 Å². The van der Waals surface area contributed by atoms with Gasteiger partial charge in [-0.05, 0) is 61.2 Å². The standard InChI is InChI=1S/C28H27N3O4/c1-4-35-22-14-19(10-11-21(22)32)26-23-24(20-13-16(2)12-17(3)27(20)33)29-30-25(23)28(34)31(26)15-18-8-6-5-7-9-18/h5-14,26,32-33H,4,15H2,1-3H3,(H,29,30)/t26-/m0/s1. The van der Waals surface area contributed by atoms with E-state index in [1.54, 1.807) is 23.1 Å². The second-order valence-corrected chi connectivity index (χ2v) is 8.82. The van der Waals surface area contributed by atoms with Crippen molar-refractivity contribution in [3.05, 3.63) is 94.2 Å². The van der Waals surface area contributed by atoms with Crippen LogP contribution in [-0.4, -0.2) is 37.8 Å². The van der Waals surface area contributed by atoms with E-state index < -0.39 is 6.04 Å². The molecule has 0 bridgehead atoms. The second kappa shape index (κ2) is 8.83. The number of carbonyl (C=O) groups is 1. The molecule has 7 nitrogen and oxygen atoms in total. The summed E-state index contributed by atoms with van der Waals surface area (Å²) < 4.78 is 5.64. The Balaban J connectivity index is 1.70. The summed E-state index contributed by atoms with van der Waals surface area (Å²) in [7, 11) is 0. The van der Waals surface area contributed by atoms with Crippen LogP contribution in [0.2, 0.25) is 0 Å². The van der Waals surface area contributed by atoms with Crippen molar-refractivity contribution in [2.75, 3.05) is 6.61 Å². The zero-order valence-corrected chi connectivity index (χ0v) is 19.9. The number of nitrogens with zero attached hydrogens (tertiary/aromatic N) is 2. The van der Waals surface area contributed by atoms with Crippen LogP contribution < -0.4 is 4.74 Å². The number of hydrogen-bond donors (Lipinski definition) is 3. The van der Waals surface area contributed by atoms with E-state index in [9.17, 15) is 15.0 Å². The van der Waals surface area contributed by atoms with Crippen LogP contribution in [-0.2, 0) is 6.54 Å². The number of phenolic OH excluding ortho intramolecular Hbond substituents is 2. The number of fused-ring (bicyclic) bond motifs is 1. The fourth-order valence-electron chi connectivity index (χ4n) is 4.80. The van der Waals surface area contributed by atoms with E-state index in [0.29, 0.717) is 41.4 Å². The monoisotopic (exact) mass is 469 g/mol. The van der Waals surface area contributed by atoms with Gasteiger partial charge in [0.15, 0.2) is 11.5 Å². The summed E-state index contributed by atoms with van der Waals surface area (Å²) in [5.41, 5.74) is 5.68. The molecular formula is C28H27N3O4. The highest BCUT2D eigenvalue weighted by molar-refractivity contribution is 6.00. The predicted octanol–water partition coefficient (Wildman–Crippen LogP) is 5.25. The third-order valence-electron chi connectivity index (χ3n) is 6.36. The van der Waals surface area contributed by atoms with Gasteiger partial charge in [-0.3, -0.25) is 9.89 Å². The predicted molar refractivity (Wildman–Crippen MR) is 133 cm³/mol. The van der Waals surface area contributed by atoms with Crippen molar-refractivity contribution in [3.8, 4) is 28.5 Å². The van der Waals surface area contributed by atoms with Gasteiger partial charge in [-0.1, -0.05) is 42.5 Å². The maximum atomic E-state index is 13.6. The zero-order chi connectivity index (χ0) is 24.7. The Morgan fingerprint density at radius 2 is 1.83 bits per heavy atom. The van der Waals surface area contributed by atoms with Crippen molar-refractivity contribution in [1.29, 1.82) is 0 Å². The molecule has 0 spiro atoms. The Labute approximate surface area is 203 Å². The molecule has 1 atom stereocenters. The van der Waals surface area contributed by atoms with Gasteiger partial charge in [0, 0.05) is 17.7 Å². The lowest BCUT2D eigenvalue weighted by molar-refractivity contribution is 0.0730. The molecule has 3 aromatic carbocycles. The molecule has 0 fully saturated rings. The summed E-state index contributed by atoms with van der Waals surface area (Å²) >= 11 is 0. The van der Waals surface area contributed by atoms with Crippen molar-refractivity contribution < 1.29 is 19.7 Å². The number of rotatable bonds is 6. The molecule has 1 aromatic heterocycles. The first-order valence-corrected chi connectivity index (χ1v) is 11.6. The lowest BCUT2D eigenvalue weighted by Crippen LogP contribution is -2.29.